The van der Waals surface area contributed by atoms with Crippen molar-refractivity contribution in [3.63, 3.8) is 0 Å². The number of hydrogen-bond donors (Lipinski definition) is 2. The van der Waals surface area contributed by atoms with Gasteiger partial charge in [-0.15, -0.1) is 24.8 Å². The average Bonchev–Trinajstić information content (AvgIpc) is 2.44. The van der Waals surface area contributed by atoms with Crippen molar-refractivity contribution in [3.05, 3.63) is 29.8 Å². The van der Waals surface area contributed by atoms with Crippen molar-refractivity contribution in [2.75, 3.05) is 27.2 Å². The minimum absolute atomic E-state index is 0. The molecule has 2 unspecified atom stereocenters. The highest BCUT2D eigenvalue weighted by Gasteiger charge is 2.16. The van der Waals surface area contributed by atoms with E-state index in [1.54, 1.807) is 0 Å². The topological polar surface area (TPSA) is 67.6 Å². The molecule has 7 heteroatoms. The molecule has 0 spiro atoms. The van der Waals surface area contributed by atoms with E-state index in [0.29, 0.717) is 13.2 Å². The van der Waals surface area contributed by atoms with Gasteiger partial charge in [0.1, 0.15) is 12.4 Å². The second-order valence-corrected chi connectivity index (χ2v) is 5.66. The van der Waals surface area contributed by atoms with Crippen LogP contribution in [0.2, 0.25) is 0 Å². The van der Waals surface area contributed by atoms with Gasteiger partial charge in [-0.1, -0.05) is 19.1 Å². The van der Waals surface area contributed by atoms with Crippen molar-refractivity contribution in [2.24, 2.45) is 11.7 Å². The first-order valence-corrected chi connectivity index (χ1v) is 7.30. The van der Waals surface area contributed by atoms with Crippen molar-refractivity contribution in [3.8, 4) is 5.75 Å². The predicted molar refractivity (Wildman–Crippen MR) is 99.6 cm³/mol. The molecule has 1 amide bonds. The van der Waals surface area contributed by atoms with Crippen LogP contribution in [0.15, 0.2) is 24.3 Å². The number of rotatable bonds is 8. The molecule has 3 N–H and O–H groups in total. The van der Waals surface area contributed by atoms with Gasteiger partial charge in [0.25, 0.3) is 0 Å². The summed E-state index contributed by atoms with van der Waals surface area (Å²) in [5.74, 6) is 0.644. The van der Waals surface area contributed by atoms with E-state index in [-0.39, 0.29) is 42.7 Å². The lowest BCUT2D eigenvalue weighted by Crippen LogP contribution is -2.38. The minimum Gasteiger partial charge on any atom is -0.492 e. The van der Waals surface area contributed by atoms with Crippen LogP contribution in [0.5, 0.6) is 5.75 Å². The van der Waals surface area contributed by atoms with Gasteiger partial charge < -0.3 is 20.7 Å². The fourth-order valence-corrected chi connectivity index (χ4v) is 1.64. The largest absolute Gasteiger partial charge is 0.492 e. The normalized spacial score (nSPS) is 12.6. The molecule has 1 aromatic rings. The maximum atomic E-state index is 11.8. The predicted octanol–water partition coefficient (Wildman–Crippen LogP) is 2.07. The molecule has 0 radical (unpaired) electrons. The summed E-state index contributed by atoms with van der Waals surface area (Å²) in [5, 5.41) is 2.89. The van der Waals surface area contributed by atoms with Gasteiger partial charge in [-0.05, 0) is 38.7 Å². The summed E-state index contributed by atoms with van der Waals surface area (Å²) >= 11 is 0. The number of carbonyl (C=O) groups is 1. The Kier molecular flexibility index (Phi) is 13.1. The van der Waals surface area contributed by atoms with Crippen LogP contribution in [0, 0.1) is 5.92 Å². The highest BCUT2D eigenvalue weighted by molar-refractivity contribution is 5.85. The van der Waals surface area contributed by atoms with Crippen molar-refractivity contribution < 1.29 is 9.53 Å². The number of benzene rings is 1. The molecule has 0 bridgehead atoms. The smallest absolute Gasteiger partial charge is 0.224 e. The summed E-state index contributed by atoms with van der Waals surface area (Å²) in [7, 11) is 4.02. The van der Waals surface area contributed by atoms with Gasteiger partial charge in [0.15, 0.2) is 0 Å². The van der Waals surface area contributed by atoms with Gasteiger partial charge >= 0.3 is 0 Å². The van der Waals surface area contributed by atoms with Crippen LogP contribution < -0.4 is 15.8 Å². The lowest BCUT2D eigenvalue weighted by Gasteiger charge is -2.15. The zero-order valence-electron chi connectivity index (χ0n) is 14.2. The maximum Gasteiger partial charge on any atom is 0.224 e. The molecule has 0 aliphatic rings. The first kappa shape index (κ1) is 24.2. The first-order chi connectivity index (χ1) is 9.90. The Bertz CT molecular complexity index is 439. The Balaban J connectivity index is 0. The summed E-state index contributed by atoms with van der Waals surface area (Å²) < 4.78 is 5.62. The number of halogens is 2. The van der Waals surface area contributed by atoms with Crippen LogP contribution >= 0.6 is 24.8 Å². The number of carbonyl (C=O) groups excluding carboxylic acids is 1. The SMILES string of the molecule is CC(N)C(C)C(=O)NCc1ccc(OCCN(C)C)cc1.Cl.Cl. The zero-order valence-corrected chi connectivity index (χ0v) is 15.9. The Labute approximate surface area is 151 Å². The molecule has 0 aliphatic carbocycles. The van der Waals surface area contributed by atoms with Gasteiger partial charge in [-0.3, -0.25) is 4.79 Å². The Hall–Kier alpha value is -1.01. The van der Waals surface area contributed by atoms with Crippen molar-refractivity contribution in [2.45, 2.75) is 26.4 Å². The van der Waals surface area contributed by atoms with Gasteiger partial charge in [-0.25, -0.2) is 0 Å². The quantitative estimate of drug-likeness (QED) is 0.739. The summed E-state index contributed by atoms with van der Waals surface area (Å²) in [6, 6.07) is 7.62. The van der Waals surface area contributed by atoms with E-state index in [1.165, 1.54) is 0 Å². The second-order valence-electron chi connectivity index (χ2n) is 5.66. The van der Waals surface area contributed by atoms with Gasteiger partial charge in [0.05, 0.1) is 0 Å². The monoisotopic (exact) mass is 365 g/mol. The Morgan fingerprint density at radius 2 is 1.78 bits per heavy atom. The molecule has 134 valence electrons. The third-order valence-corrected chi connectivity index (χ3v) is 3.40. The standard InChI is InChI=1S/C16H27N3O2.2ClH/c1-12(13(2)17)16(20)18-11-14-5-7-15(8-6-14)21-10-9-19(3)4;;/h5-8,12-13H,9-11,17H2,1-4H3,(H,18,20);2*1H. The van der Waals surface area contributed by atoms with Crippen LogP contribution in [0.3, 0.4) is 0 Å². The van der Waals surface area contributed by atoms with Gasteiger partial charge in [0, 0.05) is 25.0 Å². The number of hydrogen-bond acceptors (Lipinski definition) is 4. The molecule has 2 atom stereocenters. The summed E-state index contributed by atoms with van der Waals surface area (Å²) in [4.78, 5) is 13.9. The third-order valence-electron chi connectivity index (χ3n) is 3.40. The van der Waals surface area contributed by atoms with E-state index in [0.717, 1.165) is 17.9 Å². The van der Waals surface area contributed by atoms with E-state index >= 15 is 0 Å². The molecule has 1 aromatic carbocycles. The highest BCUT2D eigenvalue weighted by atomic mass is 35.5. The van der Waals surface area contributed by atoms with Crippen LogP contribution in [-0.2, 0) is 11.3 Å². The lowest BCUT2D eigenvalue weighted by molar-refractivity contribution is -0.125. The van der Waals surface area contributed by atoms with Gasteiger partial charge in [0.2, 0.25) is 5.91 Å². The third kappa shape index (κ3) is 9.66. The van der Waals surface area contributed by atoms with E-state index in [4.69, 9.17) is 10.5 Å². The van der Waals surface area contributed by atoms with Crippen LogP contribution in [0.1, 0.15) is 19.4 Å². The minimum atomic E-state index is -0.182. The number of nitrogens with zero attached hydrogens (tertiary/aromatic N) is 1. The maximum absolute atomic E-state index is 11.8. The molecule has 0 saturated heterocycles. The number of likely N-dealkylation sites (N-methyl/N-ethyl adjacent to an activating group) is 1. The van der Waals surface area contributed by atoms with Crippen LogP contribution in [0.25, 0.3) is 0 Å². The number of amides is 1. The van der Waals surface area contributed by atoms with Crippen molar-refractivity contribution in [1.82, 2.24) is 10.2 Å². The zero-order chi connectivity index (χ0) is 15.8. The highest BCUT2D eigenvalue weighted by Crippen LogP contribution is 2.12. The fraction of sp³-hybridized carbons (Fsp3) is 0.562. The number of nitrogens with two attached hydrogens (primary N) is 1. The summed E-state index contributed by atoms with van der Waals surface area (Å²) in [6.45, 7) is 5.72. The van der Waals surface area contributed by atoms with E-state index in [9.17, 15) is 4.79 Å². The molecule has 1 rings (SSSR count). The fourth-order valence-electron chi connectivity index (χ4n) is 1.64. The number of nitrogens with one attached hydrogen (secondary N) is 1. The Morgan fingerprint density at radius 1 is 1.22 bits per heavy atom. The van der Waals surface area contributed by atoms with Crippen molar-refractivity contribution in [1.29, 1.82) is 0 Å². The molecular weight excluding hydrogens is 337 g/mol. The molecule has 5 nitrogen and oxygen atoms in total. The summed E-state index contributed by atoms with van der Waals surface area (Å²) in [6.07, 6.45) is 0. The average molecular weight is 366 g/mol. The Morgan fingerprint density at radius 3 is 2.26 bits per heavy atom. The van der Waals surface area contributed by atoms with Crippen LogP contribution in [-0.4, -0.2) is 44.1 Å². The summed E-state index contributed by atoms with van der Waals surface area (Å²) in [5.41, 5.74) is 6.75. The van der Waals surface area contributed by atoms with E-state index < -0.39 is 0 Å². The molecule has 0 aliphatic heterocycles. The van der Waals surface area contributed by atoms with Gasteiger partial charge in [-0.2, -0.15) is 0 Å². The second kappa shape index (κ2) is 12.4. The molecular formula is C16H29Cl2N3O2. The van der Waals surface area contributed by atoms with Crippen LogP contribution in [0.4, 0.5) is 0 Å². The van der Waals surface area contributed by atoms with E-state index in [1.807, 2.05) is 52.2 Å². The first-order valence-electron chi connectivity index (χ1n) is 7.30. The molecule has 0 saturated carbocycles. The molecule has 23 heavy (non-hydrogen) atoms. The molecule has 0 heterocycles. The lowest BCUT2D eigenvalue weighted by atomic mass is 10.0. The molecule has 0 fully saturated rings. The van der Waals surface area contributed by atoms with E-state index in [2.05, 4.69) is 10.2 Å². The molecule has 0 aromatic heterocycles. The van der Waals surface area contributed by atoms with Crippen molar-refractivity contribution >= 4 is 30.7 Å². The number of ether oxygens (including phenoxy) is 1.